The fourth-order valence-electron chi connectivity index (χ4n) is 6.87. The first-order valence-corrected chi connectivity index (χ1v) is 15.0. The van der Waals surface area contributed by atoms with Crippen LogP contribution in [0.15, 0.2) is 49.1 Å². The van der Waals surface area contributed by atoms with Gasteiger partial charge < -0.3 is 18.9 Å². The quantitative estimate of drug-likeness (QED) is 0.249. The number of hydrogen-bond donors (Lipinski definition) is 0. The number of piperidine rings is 2. The van der Waals surface area contributed by atoms with Crippen LogP contribution in [0.4, 0.5) is 0 Å². The molecule has 4 atom stereocenters. The number of tetrazole rings is 2. The molecule has 2 aromatic heterocycles. The number of benzene rings is 2. The normalized spacial score (nSPS) is 21.0. The molecule has 2 aromatic carbocycles. The third-order valence-corrected chi connectivity index (χ3v) is 8.89. The van der Waals surface area contributed by atoms with Crippen LogP contribution in [0.1, 0.15) is 48.9 Å². The van der Waals surface area contributed by atoms with Gasteiger partial charge in [0, 0.05) is 38.0 Å². The predicted molar refractivity (Wildman–Crippen MR) is 160 cm³/mol. The minimum Gasteiger partial charge on any atom is -0.493 e. The van der Waals surface area contributed by atoms with E-state index in [1.54, 1.807) is 38.0 Å². The Morgan fingerprint density at radius 1 is 0.614 bits per heavy atom. The van der Waals surface area contributed by atoms with Crippen LogP contribution in [0.25, 0.3) is 0 Å². The average Bonchev–Trinajstić information content (AvgIpc) is 3.81. The van der Waals surface area contributed by atoms with Crippen molar-refractivity contribution in [2.45, 2.75) is 37.8 Å². The van der Waals surface area contributed by atoms with Crippen molar-refractivity contribution < 1.29 is 18.9 Å². The van der Waals surface area contributed by atoms with Crippen molar-refractivity contribution >= 4 is 0 Å². The molecular formula is C30H40N10O4. The molecule has 0 N–H and O–H groups in total. The summed E-state index contributed by atoms with van der Waals surface area (Å²) >= 11 is 0. The fraction of sp³-hybridized carbons (Fsp3) is 0.533. The van der Waals surface area contributed by atoms with Crippen molar-refractivity contribution in [3.63, 3.8) is 0 Å². The molecule has 14 heteroatoms. The van der Waals surface area contributed by atoms with E-state index < -0.39 is 0 Å². The first kappa shape index (κ1) is 29.8. The van der Waals surface area contributed by atoms with Gasteiger partial charge in [-0.3, -0.25) is 0 Å². The van der Waals surface area contributed by atoms with Crippen LogP contribution in [0.3, 0.4) is 0 Å². The van der Waals surface area contributed by atoms with E-state index in [4.69, 9.17) is 18.9 Å². The number of hydrazine groups is 1. The van der Waals surface area contributed by atoms with Crippen LogP contribution < -0.4 is 18.9 Å². The smallest absolute Gasteiger partial charge is 0.162 e. The number of hydrogen-bond acceptors (Lipinski definition) is 12. The second-order valence-corrected chi connectivity index (χ2v) is 11.3. The van der Waals surface area contributed by atoms with Crippen LogP contribution in [-0.2, 0) is 0 Å². The van der Waals surface area contributed by atoms with Crippen molar-refractivity contribution in [2.75, 3.05) is 54.6 Å². The summed E-state index contributed by atoms with van der Waals surface area (Å²) in [7, 11) is 6.61. The molecule has 2 aliphatic heterocycles. The van der Waals surface area contributed by atoms with Gasteiger partial charge in [-0.25, -0.2) is 10.0 Å². The standard InChI is InChI=1S/C30H40N10O4/c1-41-25-11-9-21(15-27(25)43-3)29(39-33-19-31-35-39)23-7-5-13-37(17-23)38-14-6-8-24(18-38)30(40-34-20-32-36-40)22-10-12-26(42-2)28(16-22)44-4/h9-12,15-16,19-20,23-24,29-30H,5-8,13-14,17-18H2,1-4H3/t23-,24-,29?,30?/m0/s1. The topological polar surface area (TPSA) is 131 Å². The Hall–Kier alpha value is -4.30. The molecule has 2 aliphatic rings. The molecule has 14 nitrogen and oxygen atoms in total. The van der Waals surface area contributed by atoms with E-state index in [0.717, 1.165) is 63.0 Å². The molecule has 0 spiro atoms. The summed E-state index contributed by atoms with van der Waals surface area (Å²) in [4.78, 5) is 3.47. The summed E-state index contributed by atoms with van der Waals surface area (Å²) in [5, 5.41) is 30.7. The summed E-state index contributed by atoms with van der Waals surface area (Å²) in [6.45, 7) is 3.73. The zero-order valence-corrected chi connectivity index (χ0v) is 25.7. The van der Waals surface area contributed by atoms with Gasteiger partial charge in [-0.15, -0.1) is 20.4 Å². The van der Waals surface area contributed by atoms with Crippen LogP contribution in [0.2, 0.25) is 0 Å². The fourth-order valence-corrected chi connectivity index (χ4v) is 6.87. The van der Waals surface area contributed by atoms with E-state index in [9.17, 15) is 0 Å². The second-order valence-electron chi connectivity index (χ2n) is 11.3. The highest BCUT2D eigenvalue weighted by Gasteiger charge is 2.37. The summed E-state index contributed by atoms with van der Waals surface area (Å²) in [6.07, 6.45) is 7.21. The van der Waals surface area contributed by atoms with Crippen molar-refractivity contribution in [3.05, 3.63) is 60.2 Å². The van der Waals surface area contributed by atoms with E-state index in [1.807, 2.05) is 24.3 Å². The summed E-state index contributed by atoms with van der Waals surface area (Å²) < 4.78 is 22.3. The highest BCUT2D eigenvalue weighted by Crippen LogP contribution is 2.40. The number of nitrogens with zero attached hydrogens (tertiary/aromatic N) is 10. The molecule has 2 fully saturated rings. The number of methoxy groups -OCH3 is 4. The highest BCUT2D eigenvalue weighted by molar-refractivity contribution is 5.45. The van der Waals surface area contributed by atoms with Gasteiger partial charge in [0.2, 0.25) is 0 Å². The Morgan fingerprint density at radius 3 is 1.41 bits per heavy atom. The van der Waals surface area contributed by atoms with Crippen LogP contribution in [-0.4, -0.2) is 105 Å². The van der Waals surface area contributed by atoms with Crippen molar-refractivity contribution in [3.8, 4) is 23.0 Å². The van der Waals surface area contributed by atoms with E-state index in [0.29, 0.717) is 23.0 Å². The van der Waals surface area contributed by atoms with E-state index in [2.05, 4.69) is 53.0 Å². The zero-order valence-electron chi connectivity index (χ0n) is 25.7. The van der Waals surface area contributed by atoms with Gasteiger partial charge in [0.05, 0.1) is 28.4 Å². The molecule has 0 bridgehead atoms. The lowest BCUT2D eigenvalue weighted by atomic mass is 9.85. The average molecular weight is 605 g/mol. The number of ether oxygens (including phenoxy) is 4. The molecule has 0 radical (unpaired) electrons. The molecule has 44 heavy (non-hydrogen) atoms. The lowest BCUT2D eigenvalue weighted by Crippen LogP contribution is -2.53. The maximum atomic E-state index is 5.64. The van der Waals surface area contributed by atoms with E-state index in [-0.39, 0.29) is 23.9 Å². The molecule has 0 aliphatic carbocycles. The number of rotatable bonds is 11. The Kier molecular flexibility index (Phi) is 9.17. The molecule has 0 amide bonds. The van der Waals surface area contributed by atoms with Crippen LogP contribution >= 0.6 is 0 Å². The van der Waals surface area contributed by atoms with Crippen LogP contribution in [0.5, 0.6) is 23.0 Å². The Balaban J connectivity index is 1.25. The van der Waals surface area contributed by atoms with Crippen LogP contribution in [0, 0.1) is 11.8 Å². The molecular weight excluding hydrogens is 564 g/mol. The molecule has 0 saturated carbocycles. The van der Waals surface area contributed by atoms with Gasteiger partial charge in [-0.1, -0.05) is 12.1 Å². The maximum Gasteiger partial charge on any atom is 0.162 e. The first-order valence-electron chi connectivity index (χ1n) is 15.0. The minimum absolute atomic E-state index is 0.0976. The van der Waals surface area contributed by atoms with Crippen molar-refractivity contribution in [1.82, 2.24) is 50.4 Å². The van der Waals surface area contributed by atoms with Gasteiger partial charge in [-0.2, -0.15) is 9.59 Å². The predicted octanol–water partition coefficient (Wildman–Crippen LogP) is 2.91. The van der Waals surface area contributed by atoms with E-state index in [1.165, 1.54) is 12.7 Å². The molecule has 234 valence electrons. The SMILES string of the molecule is COc1ccc(C([C@H]2CCCN(N3CCC[C@H](C(c4ccc(OC)c(OC)c4)n4ncnn4)C3)C2)n2ncnn2)cc1OC. The number of aromatic nitrogens is 8. The Bertz CT molecular complexity index is 1370. The third kappa shape index (κ3) is 6.04. The monoisotopic (exact) mass is 604 g/mol. The first-order chi connectivity index (χ1) is 21.6. The summed E-state index contributed by atoms with van der Waals surface area (Å²) in [5.74, 6) is 3.27. The Morgan fingerprint density at radius 2 is 1.05 bits per heavy atom. The molecule has 2 unspecified atom stereocenters. The van der Waals surface area contributed by atoms with Gasteiger partial charge in [0.1, 0.15) is 12.1 Å². The van der Waals surface area contributed by atoms with E-state index >= 15 is 0 Å². The Labute approximate surface area is 256 Å². The van der Waals surface area contributed by atoms with Gasteiger partial charge in [0.25, 0.3) is 0 Å². The van der Waals surface area contributed by atoms with Crippen molar-refractivity contribution in [2.24, 2.45) is 11.8 Å². The van der Waals surface area contributed by atoms with Gasteiger partial charge >= 0.3 is 0 Å². The molecule has 4 aromatic rings. The summed E-state index contributed by atoms with van der Waals surface area (Å²) in [5.41, 5.74) is 2.13. The molecule has 6 rings (SSSR count). The third-order valence-electron chi connectivity index (χ3n) is 8.89. The van der Waals surface area contributed by atoms with Crippen molar-refractivity contribution in [1.29, 1.82) is 0 Å². The largest absolute Gasteiger partial charge is 0.493 e. The maximum absolute atomic E-state index is 5.64. The lowest BCUT2D eigenvalue weighted by Gasteiger charge is -2.46. The lowest BCUT2D eigenvalue weighted by molar-refractivity contribution is -0.0888. The second kappa shape index (κ2) is 13.6. The summed E-state index contributed by atoms with van der Waals surface area (Å²) in [6, 6.07) is 11.9. The highest BCUT2D eigenvalue weighted by atomic mass is 16.5. The molecule has 4 heterocycles. The van der Waals surface area contributed by atoms with Gasteiger partial charge in [-0.05, 0) is 71.5 Å². The minimum atomic E-state index is -0.0976. The van der Waals surface area contributed by atoms with Gasteiger partial charge in [0.15, 0.2) is 35.7 Å². The molecule has 2 saturated heterocycles. The zero-order chi connectivity index (χ0) is 30.5.